The second-order valence-electron chi connectivity index (χ2n) is 7.30. The number of nitrogens with zero attached hydrogens (tertiary/aromatic N) is 1. The lowest BCUT2D eigenvalue weighted by molar-refractivity contribution is -0.116. The third-order valence-electron chi connectivity index (χ3n) is 2.48. The Morgan fingerprint density at radius 2 is 1.71 bits per heavy atom. The van der Waals surface area contributed by atoms with Crippen LogP contribution in [0.4, 0.5) is 4.79 Å². The van der Waals surface area contributed by atoms with Gasteiger partial charge in [-0.2, -0.15) is 0 Å². The van der Waals surface area contributed by atoms with E-state index in [-0.39, 0.29) is 11.5 Å². The molecule has 1 fully saturated rings. The number of ether oxygens (including phenoxy) is 1. The van der Waals surface area contributed by atoms with Crippen molar-refractivity contribution < 1.29 is 14.6 Å². The van der Waals surface area contributed by atoms with Crippen molar-refractivity contribution in [3.8, 4) is 0 Å². The minimum Gasteiger partial charge on any atom is -0.444 e. The summed E-state index contributed by atoms with van der Waals surface area (Å²) in [5.41, 5.74) is -1.15. The molecular weight excluding hydrogens is 218 g/mol. The first-order chi connectivity index (χ1) is 7.40. The topological polar surface area (TPSA) is 49.8 Å². The predicted octanol–water partition coefficient (Wildman–Crippen LogP) is 2.40. The van der Waals surface area contributed by atoms with Crippen LogP contribution in [0.3, 0.4) is 0 Å². The number of likely N-dealkylation sites (tertiary alicyclic amines) is 1. The van der Waals surface area contributed by atoms with Crippen molar-refractivity contribution in [1.82, 2.24) is 4.90 Å². The molecule has 0 radical (unpaired) electrons. The van der Waals surface area contributed by atoms with Gasteiger partial charge >= 0.3 is 6.09 Å². The summed E-state index contributed by atoms with van der Waals surface area (Å²) in [6.45, 7) is 12.5. The molecule has 1 rings (SSSR count). The van der Waals surface area contributed by atoms with E-state index < -0.39 is 11.2 Å². The second-order valence-corrected chi connectivity index (χ2v) is 7.30. The molecule has 1 amide bonds. The molecule has 0 aliphatic carbocycles. The lowest BCUT2D eigenvalue weighted by atomic mass is 9.78. The maximum atomic E-state index is 11.7. The van der Waals surface area contributed by atoms with Gasteiger partial charge in [0.05, 0.1) is 13.1 Å². The molecule has 0 aromatic rings. The SMILES string of the molecule is CC(C)(C)CC1(O)CN(C(=O)OC(C)(C)C)C1. The first-order valence-corrected chi connectivity index (χ1v) is 6.11. The molecule has 1 saturated heterocycles. The summed E-state index contributed by atoms with van der Waals surface area (Å²) >= 11 is 0. The molecule has 0 saturated carbocycles. The van der Waals surface area contributed by atoms with E-state index in [0.29, 0.717) is 19.5 Å². The number of hydrogen-bond acceptors (Lipinski definition) is 3. The van der Waals surface area contributed by atoms with E-state index in [9.17, 15) is 9.90 Å². The Kier molecular flexibility index (Phi) is 3.50. The highest BCUT2D eigenvalue weighted by Crippen LogP contribution is 2.34. The van der Waals surface area contributed by atoms with Gasteiger partial charge in [-0.25, -0.2) is 4.79 Å². The number of rotatable bonds is 1. The molecule has 17 heavy (non-hydrogen) atoms. The highest BCUT2D eigenvalue weighted by molar-refractivity contribution is 5.69. The molecule has 0 spiro atoms. The summed E-state index contributed by atoms with van der Waals surface area (Å²) in [7, 11) is 0. The van der Waals surface area contributed by atoms with Gasteiger partial charge in [-0.1, -0.05) is 20.8 Å². The molecule has 0 bridgehead atoms. The van der Waals surface area contributed by atoms with Gasteiger partial charge in [0.25, 0.3) is 0 Å². The van der Waals surface area contributed by atoms with E-state index in [1.807, 2.05) is 20.8 Å². The molecule has 0 atom stereocenters. The molecule has 100 valence electrons. The van der Waals surface area contributed by atoms with Gasteiger partial charge in [0.1, 0.15) is 11.2 Å². The van der Waals surface area contributed by atoms with Crippen molar-refractivity contribution in [2.24, 2.45) is 5.41 Å². The summed E-state index contributed by atoms with van der Waals surface area (Å²) in [4.78, 5) is 13.2. The molecule has 0 aromatic carbocycles. The van der Waals surface area contributed by atoms with Gasteiger partial charge in [0.15, 0.2) is 0 Å². The average molecular weight is 243 g/mol. The van der Waals surface area contributed by atoms with Gasteiger partial charge in [0.2, 0.25) is 0 Å². The summed E-state index contributed by atoms with van der Waals surface area (Å²) in [6.07, 6.45) is 0.357. The van der Waals surface area contributed by atoms with Gasteiger partial charge in [0, 0.05) is 0 Å². The standard InChI is InChI=1S/C13H25NO3/c1-11(2,3)7-13(16)8-14(9-13)10(15)17-12(4,5)6/h16H,7-9H2,1-6H3. The number of hydrogen-bond donors (Lipinski definition) is 1. The summed E-state index contributed by atoms with van der Waals surface area (Å²) in [5.74, 6) is 0. The van der Waals surface area contributed by atoms with Crippen LogP contribution in [0, 0.1) is 5.41 Å². The summed E-state index contributed by atoms with van der Waals surface area (Å²) < 4.78 is 5.24. The van der Waals surface area contributed by atoms with Crippen LogP contribution in [-0.2, 0) is 4.74 Å². The van der Waals surface area contributed by atoms with Crippen molar-refractivity contribution in [2.75, 3.05) is 13.1 Å². The third kappa shape index (κ3) is 4.54. The Morgan fingerprint density at radius 3 is 2.06 bits per heavy atom. The smallest absolute Gasteiger partial charge is 0.410 e. The highest BCUT2D eigenvalue weighted by atomic mass is 16.6. The Morgan fingerprint density at radius 1 is 1.24 bits per heavy atom. The van der Waals surface area contributed by atoms with Crippen molar-refractivity contribution in [2.45, 2.75) is 59.2 Å². The van der Waals surface area contributed by atoms with Crippen LogP contribution in [0.5, 0.6) is 0 Å². The number of amides is 1. The van der Waals surface area contributed by atoms with Gasteiger partial charge < -0.3 is 14.7 Å². The van der Waals surface area contributed by atoms with Gasteiger partial charge in [-0.05, 0) is 32.6 Å². The van der Waals surface area contributed by atoms with Crippen LogP contribution in [0.2, 0.25) is 0 Å². The molecular formula is C13H25NO3. The number of carbonyl (C=O) groups excluding carboxylic acids is 1. The number of β-amino-alcohol motifs (C(OH)–C–C–N with tert-alkyl or cyclic N) is 1. The van der Waals surface area contributed by atoms with Crippen LogP contribution in [0.1, 0.15) is 48.0 Å². The predicted molar refractivity (Wildman–Crippen MR) is 66.8 cm³/mol. The summed E-state index contributed by atoms with van der Waals surface area (Å²) in [5, 5.41) is 10.2. The van der Waals surface area contributed by atoms with Crippen LogP contribution >= 0.6 is 0 Å². The monoisotopic (exact) mass is 243 g/mol. The summed E-state index contributed by atoms with van der Waals surface area (Å²) in [6, 6.07) is 0. The highest BCUT2D eigenvalue weighted by Gasteiger charge is 2.46. The van der Waals surface area contributed by atoms with Crippen LogP contribution in [0.15, 0.2) is 0 Å². The zero-order valence-electron chi connectivity index (χ0n) is 11.8. The van der Waals surface area contributed by atoms with E-state index in [0.717, 1.165) is 0 Å². The Balaban J connectivity index is 2.43. The van der Waals surface area contributed by atoms with Crippen molar-refractivity contribution in [1.29, 1.82) is 0 Å². The number of aliphatic hydroxyl groups is 1. The van der Waals surface area contributed by atoms with E-state index in [1.165, 1.54) is 0 Å². The molecule has 1 heterocycles. The first kappa shape index (κ1) is 14.3. The Bertz CT molecular complexity index is 293. The molecule has 4 heteroatoms. The van der Waals surface area contributed by atoms with E-state index in [1.54, 1.807) is 4.90 Å². The minimum atomic E-state index is -0.741. The zero-order valence-corrected chi connectivity index (χ0v) is 11.8. The molecule has 1 aliphatic heterocycles. The fraction of sp³-hybridized carbons (Fsp3) is 0.923. The van der Waals surface area contributed by atoms with Crippen molar-refractivity contribution >= 4 is 6.09 Å². The van der Waals surface area contributed by atoms with Crippen molar-refractivity contribution in [3.05, 3.63) is 0 Å². The molecule has 0 unspecified atom stereocenters. The Labute approximate surface area is 104 Å². The second kappa shape index (κ2) is 4.16. The van der Waals surface area contributed by atoms with E-state index in [4.69, 9.17) is 4.74 Å². The van der Waals surface area contributed by atoms with E-state index >= 15 is 0 Å². The van der Waals surface area contributed by atoms with E-state index in [2.05, 4.69) is 20.8 Å². The maximum absolute atomic E-state index is 11.7. The molecule has 1 aliphatic rings. The maximum Gasteiger partial charge on any atom is 0.410 e. The normalized spacial score (nSPS) is 19.8. The lowest BCUT2D eigenvalue weighted by Gasteiger charge is -2.48. The largest absolute Gasteiger partial charge is 0.444 e. The molecule has 0 aromatic heterocycles. The lowest BCUT2D eigenvalue weighted by Crippen LogP contribution is -2.65. The van der Waals surface area contributed by atoms with Crippen molar-refractivity contribution in [3.63, 3.8) is 0 Å². The zero-order chi connectivity index (χ0) is 13.5. The number of carbonyl (C=O) groups is 1. The van der Waals surface area contributed by atoms with Gasteiger partial charge in [-0.3, -0.25) is 0 Å². The Hall–Kier alpha value is -0.770. The fourth-order valence-electron chi connectivity index (χ4n) is 2.22. The molecule has 4 nitrogen and oxygen atoms in total. The van der Waals surface area contributed by atoms with Crippen LogP contribution in [-0.4, -0.2) is 40.4 Å². The minimum absolute atomic E-state index is 0.0643. The first-order valence-electron chi connectivity index (χ1n) is 6.11. The molecule has 1 N–H and O–H groups in total. The van der Waals surface area contributed by atoms with Crippen LogP contribution < -0.4 is 0 Å². The van der Waals surface area contributed by atoms with Crippen LogP contribution in [0.25, 0.3) is 0 Å². The average Bonchev–Trinajstić information content (AvgIpc) is 1.92. The third-order valence-corrected chi connectivity index (χ3v) is 2.48. The quantitative estimate of drug-likeness (QED) is 0.769. The van der Waals surface area contributed by atoms with Gasteiger partial charge in [-0.15, -0.1) is 0 Å². The fourth-order valence-corrected chi connectivity index (χ4v) is 2.22.